The zero-order chi connectivity index (χ0) is 32.5. The Labute approximate surface area is 255 Å². The largest absolute Gasteiger partial charge is 0.494 e. The summed E-state index contributed by atoms with van der Waals surface area (Å²) < 4.78 is 11.5. The van der Waals surface area contributed by atoms with Gasteiger partial charge in [-0.15, -0.1) is 0 Å². The topological polar surface area (TPSA) is 165 Å². The third-order valence-corrected chi connectivity index (χ3v) is 5.96. The number of hydrogen-bond acceptors (Lipinski definition) is 8. The van der Waals surface area contributed by atoms with E-state index in [4.69, 9.17) is 19.7 Å². The highest BCUT2D eigenvalue weighted by atomic mass is 16.5. The highest BCUT2D eigenvalue weighted by Crippen LogP contribution is 2.13. The molecule has 0 aliphatic carbocycles. The molecule has 0 bridgehead atoms. The fraction of sp³-hybridized carbons (Fsp3) is 0.375. The quantitative estimate of drug-likeness (QED) is 0.184. The summed E-state index contributed by atoms with van der Waals surface area (Å²) in [7, 11) is 8.12. The van der Waals surface area contributed by atoms with Crippen molar-refractivity contribution in [3.05, 3.63) is 91.1 Å². The maximum absolute atomic E-state index is 12.6. The van der Waals surface area contributed by atoms with Crippen LogP contribution in [0.15, 0.2) is 58.1 Å². The van der Waals surface area contributed by atoms with E-state index < -0.39 is 11.9 Å². The van der Waals surface area contributed by atoms with Crippen LogP contribution in [0.25, 0.3) is 12.2 Å². The predicted octanol–water partition coefficient (Wildman–Crippen LogP) is 1.32. The maximum atomic E-state index is 12.6. The summed E-state index contributed by atoms with van der Waals surface area (Å²) in [5.41, 5.74) is 0.834. The monoisotopic (exact) mass is 610 g/mol. The number of aromatic nitrogens is 2. The van der Waals surface area contributed by atoms with E-state index in [1.807, 2.05) is 76.7 Å². The van der Waals surface area contributed by atoms with Gasteiger partial charge >= 0.3 is 11.9 Å². The summed E-state index contributed by atoms with van der Waals surface area (Å²) in [5.74, 6) is -0.619. The van der Waals surface area contributed by atoms with E-state index in [2.05, 4.69) is 19.8 Å². The number of nitrogens with zero attached hydrogens (tertiary/aromatic N) is 2. The second kappa shape index (κ2) is 18.8. The number of H-pyrrole nitrogens is 2. The van der Waals surface area contributed by atoms with Gasteiger partial charge in [0, 0.05) is 13.1 Å². The Morgan fingerprint density at radius 2 is 1.00 bits per heavy atom. The van der Waals surface area contributed by atoms with Gasteiger partial charge in [-0.1, -0.05) is 24.3 Å². The molecule has 0 spiro atoms. The van der Waals surface area contributed by atoms with Crippen molar-refractivity contribution < 1.29 is 29.3 Å². The second-order valence-electron chi connectivity index (χ2n) is 10.5. The van der Waals surface area contributed by atoms with Crippen molar-refractivity contribution in [3.8, 4) is 11.5 Å². The molecule has 238 valence electrons. The van der Waals surface area contributed by atoms with E-state index in [1.54, 1.807) is 12.2 Å². The minimum absolute atomic E-state index is 0.193. The normalized spacial score (nSPS) is 11.8. The average Bonchev–Trinajstić information content (AvgIpc) is 2.97. The van der Waals surface area contributed by atoms with Crippen LogP contribution < -0.4 is 31.3 Å². The molecule has 2 aromatic carbocycles. The lowest BCUT2D eigenvalue weighted by Crippen LogP contribution is -2.46. The van der Waals surface area contributed by atoms with Gasteiger partial charge in [0.2, 0.25) is 0 Å². The van der Waals surface area contributed by atoms with Gasteiger partial charge in [-0.25, -0.2) is 0 Å². The van der Waals surface area contributed by atoms with Crippen LogP contribution in [0.5, 0.6) is 11.5 Å². The molecule has 3 aromatic rings. The lowest BCUT2D eigenvalue weighted by molar-refractivity contribution is -0.143. The Morgan fingerprint density at radius 1 is 0.659 bits per heavy atom. The third kappa shape index (κ3) is 14.5. The molecule has 0 aliphatic rings. The number of rotatable bonds is 15. The SMILES string of the molecule is CN(C)CCCOc1ccc(/C=c2\[nH]c(=O)/c(=C/c3ccc(OCCCN(C)C)cc3)[nH]c2=O)cc1.O=C(O)CCC(=O)O. The first kappa shape index (κ1) is 35.5. The maximum Gasteiger partial charge on any atom is 0.303 e. The van der Waals surface area contributed by atoms with E-state index in [1.165, 1.54) is 0 Å². The number of carboxylic acids is 2. The van der Waals surface area contributed by atoms with Gasteiger partial charge in [-0.3, -0.25) is 19.2 Å². The number of carboxylic acid groups (broad SMARTS) is 2. The van der Waals surface area contributed by atoms with Gasteiger partial charge in [0.25, 0.3) is 11.1 Å². The first-order valence-electron chi connectivity index (χ1n) is 14.2. The summed E-state index contributed by atoms with van der Waals surface area (Å²) in [5, 5.41) is 16.2. The van der Waals surface area contributed by atoms with Crippen LogP contribution in [0, 0.1) is 0 Å². The number of benzene rings is 2. The number of hydrogen-bond donors (Lipinski definition) is 4. The van der Waals surface area contributed by atoms with Crippen molar-refractivity contribution in [2.45, 2.75) is 25.7 Å². The van der Waals surface area contributed by atoms with Crippen LogP contribution in [0.2, 0.25) is 0 Å². The fourth-order valence-electron chi connectivity index (χ4n) is 3.71. The Bertz CT molecular complexity index is 1440. The van der Waals surface area contributed by atoms with Crippen LogP contribution >= 0.6 is 0 Å². The van der Waals surface area contributed by atoms with Crippen LogP contribution in [0.4, 0.5) is 0 Å². The van der Waals surface area contributed by atoms with E-state index in [0.29, 0.717) is 13.2 Å². The van der Waals surface area contributed by atoms with Gasteiger partial charge in [-0.2, -0.15) is 0 Å². The molecule has 0 saturated heterocycles. The number of ether oxygens (including phenoxy) is 2. The molecular formula is C32H42N4O8. The first-order chi connectivity index (χ1) is 20.9. The van der Waals surface area contributed by atoms with Gasteiger partial charge < -0.3 is 39.5 Å². The van der Waals surface area contributed by atoms with Crippen LogP contribution in [-0.2, 0) is 9.59 Å². The molecule has 0 aliphatic heterocycles. The Morgan fingerprint density at radius 3 is 1.30 bits per heavy atom. The van der Waals surface area contributed by atoms with Crippen molar-refractivity contribution in [2.75, 3.05) is 54.5 Å². The molecule has 1 aromatic heterocycles. The average molecular weight is 611 g/mol. The molecule has 0 saturated carbocycles. The highest BCUT2D eigenvalue weighted by Gasteiger charge is 2.01. The molecule has 12 nitrogen and oxygen atoms in total. The van der Waals surface area contributed by atoms with Crippen molar-refractivity contribution in [1.82, 2.24) is 19.8 Å². The Balaban J connectivity index is 0.000000742. The second-order valence-corrected chi connectivity index (χ2v) is 10.5. The van der Waals surface area contributed by atoms with Crippen LogP contribution in [-0.4, -0.2) is 96.4 Å². The molecule has 44 heavy (non-hydrogen) atoms. The molecule has 0 amide bonds. The minimum atomic E-state index is -1.08. The van der Waals surface area contributed by atoms with Crippen LogP contribution in [0.3, 0.4) is 0 Å². The van der Waals surface area contributed by atoms with E-state index in [-0.39, 0.29) is 34.7 Å². The number of aliphatic carboxylic acids is 2. The molecule has 0 unspecified atom stereocenters. The summed E-state index contributed by atoms with van der Waals surface area (Å²) in [4.78, 5) is 54.1. The predicted molar refractivity (Wildman–Crippen MR) is 169 cm³/mol. The van der Waals surface area contributed by atoms with Gasteiger partial charge in [0.1, 0.15) is 22.2 Å². The van der Waals surface area contributed by atoms with Crippen LogP contribution in [0.1, 0.15) is 36.8 Å². The van der Waals surface area contributed by atoms with E-state index in [9.17, 15) is 19.2 Å². The van der Waals surface area contributed by atoms with Gasteiger partial charge in [-0.05, 0) is 88.6 Å². The van der Waals surface area contributed by atoms with Crippen molar-refractivity contribution in [2.24, 2.45) is 0 Å². The van der Waals surface area contributed by atoms with Gasteiger partial charge in [0.05, 0.1) is 26.1 Å². The molecule has 1 heterocycles. The number of carbonyl (C=O) groups is 2. The summed E-state index contributed by atoms with van der Waals surface area (Å²) in [6.07, 6.45) is 4.57. The highest BCUT2D eigenvalue weighted by molar-refractivity contribution is 5.75. The molecule has 4 N–H and O–H groups in total. The summed E-state index contributed by atoms with van der Waals surface area (Å²) in [6.45, 7) is 3.20. The van der Waals surface area contributed by atoms with Crippen molar-refractivity contribution in [3.63, 3.8) is 0 Å². The minimum Gasteiger partial charge on any atom is -0.494 e. The molecule has 3 rings (SSSR count). The summed E-state index contributed by atoms with van der Waals surface area (Å²) in [6, 6.07) is 14.8. The molecule has 0 fully saturated rings. The van der Waals surface area contributed by atoms with E-state index >= 15 is 0 Å². The third-order valence-electron chi connectivity index (χ3n) is 5.96. The zero-order valence-corrected chi connectivity index (χ0v) is 25.7. The van der Waals surface area contributed by atoms with Gasteiger partial charge in [0.15, 0.2) is 0 Å². The number of nitrogens with one attached hydrogen (secondary N) is 2. The lowest BCUT2D eigenvalue weighted by atomic mass is 10.2. The lowest BCUT2D eigenvalue weighted by Gasteiger charge is -2.10. The standard InChI is InChI=1S/C28H36N4O4.C4H6O4/c1-31(2)15-5-17-35-23-11-7-21(8-12-23)19-25-27(33)30-26(28(34)29-25)20-22-9-13-24(14-10-22)36-18-6-16-32(3)4;5-3(6)1-2-4(7)8/h7-14,19-20H,5-6,15-18H2,1-4H3,(H,29,34)(H,30,33);1-2H2,(H,5,6)(H,7,8)/b25-19-,26-20-;. The Hall–Kier alpha value is -4.68. The molecule has 0 atom stereocenters. The number of aromatic amines is 2. The molecular weight excluding hydrogens is 568 g/mol. The molecule has 12 heteroatoms. The van der Waals surface area contributed by atoms with Crippen molar-refractivity contribution >= 4 is 24.1 Å². The Kier molecular flexibility index (Phi) is 15.2. The fourth-order valence-corrected chi connectivity index (χ4v) is 3.71. The van der Waals surface area contributed by atoms with Crippen molar-refractivity contribution in [1.29, 1.82) is 0 Å². The zero-order valence-electron chi connectivity index (χ0n) is 25.7. The molecule has 0 radical (unpaired) electrons. The smallest absolute Gasteiger partial charge is 0.303 e. The first-order valence-corrected chi connectivity index (χ1v) is 14.2. The van der Waals surface area contributed by atoms with E-state index in [0.717, 1.165) is 48.6 Å². The summed E-state index contributed by atoms with van der Waals surface area (Å²) >= 11 is 0.